The summed E-state index contributed by atoms with van der Waals surface area (Å²) in [4.78, 5) is 2.65. The Bertz CT molecular complexity index is 169. The van der Waals surface area contributed by atoms with Crippen molar-refractivity contribution in [1.29, 1.82) is 0 Å². The Hall–Kier alpha value is -0.0400. The molecule has 0 aromatic heterocycles. The molecule has 1 aliphatic rings. The van der Waals surface area contributed by atoms with Crippen LogP contribution in [0.25, 0.3) is 0 Å². The van der Waals surface area contributed by atoms with Gasteiger partial charge in [-0.1, -0.05) is 34.6 Å². The molecule has 0 saturated carbocycles. The summed E-state index contributed by atoms with van der Waals surface area (Å²) < 4.78 is 0. The summed E-state index contributed by atoms with van der Waals surface area (Å²) in [5.41, 5.74) is 0.478. The van der Waals surface area contributed by atoms with Gasteiger partial charge in [-0.05, 0) is 43.2 Å². The molecule has 1 aliphatic heterocycles. The van der Waals surface area contributed by atoms with E-state index in [1.165, 1.54) is 32.5 Å². The van der Waals surface area contributed by atoms with Gasteiger partial charge in [0.2, 0.25) is 0 Å². The molecule has 14 heavy (non-hydrogen) atoms. The van der Waals surface area contributed by atoms with Gasteiger partial charge in [-0.3, -0.25) is 0 Å². The van der Waals surface area contributed by atoms with Crippen LogP contribution in [0.3, 0.4) is 0 Å². The molecule has 2 atom stereocenters. The van der Waals surface area contributed by atoms with Gasteiger partial charge in [-0.15, -0.1) is 0 Å². The number of likely N-dealkylation sites (tertiary alicyclic amines) is 1. The van der Waals surface area contributed by atoms with Crippen LogP contribution in [0.1, 0.15) is 47.5 Å². The predicted octanol–water partition coefficient (Wildman–Crippen LogP) is 3.40. The molecule has 0 amide bonds. The van der Waals surface area contributed by atoms with Crippen molar-refractivity contribution < 1.29 is 0 Å². The van der Waals surface area contributed by atoms with Gasteiger partial charge in [-0.2, -0.15) is 0 Å². The van der Waals surface area contributed by atoms with E-state index in [4.69, 9.17) is 0 Å². The zero-order valence-corrected chi connectivity index (χ0v) is 10.6. The van der Waals surface area contributed by atoms with Gasteiger partial charge in [0.1, 0.15) is 0 Å². The maximum Gasteiger partial charge on any atom is 0.00172 e. The zero-order valence-electron chi connectivity index (χ0n) is 10.6. The summed E-state index contributed by atoms with van der Waals surface area (Å²) in [5, 5.41) is 0. The molecule has 0 aromatic carbocycles. The van der Waals surface area contributed by atoms with Crippen molar-refractivity contribution in [2.75, 3.05) is 19.6 Å². The van der Waals surface area contributed by atoms with Gasteiger partial charge in [-0.25, -0.2) is 0 Å². The second-order valence-corrected chi connectivity index (χ2v) is 6.04. The van der Waals surface area contributed by atoms with E-state index in [2.05, 4.69) is 39.5 Å². The molecule has 1 nitrogen and oxygen atoms in total. The summed E-state index contributed by atoms with van der Waals surface area (Å²) in [5.74, 6) is 1.78. The molecule has 1 heteroatoms. The topological polar surface area (TPSA) is 3.24 Å². The Morgan fingerprint density at radius 3 is 2.43 bits per heavy atom. The van der Waals surface area contributed by atoms with E-state index in [1.807, 2.05) is 0 Å². The molecule has 0 spiro atoms. The molecule has 0 radical (unpaired) electrons. The minimum Gasteiger partial charge on any atom is -0.303 e. The first-order chi connectivity index (χ1) is 6.45. The summed E-state index contributed by atoms with van der Waals surface area (Å²) >= 11 is 0. The fraction of sp³-hybridized carbons (Fsp3) is 1.00. The highest BCUT2D eigenvalue weighted by molar-refractivity contribution is 4.85. The van der Waals surface area contributed by atoms with Gasteiger partial charge in [0, 0.05) is 6.54 Å². The molecule has 2 unspecified atom stereocenters. The third-order valence-corrected chi connectivity index (χ3v) is 3.69. The maximum atomic E-state index is 2.65. The predicted molar refractivity (Wildman–Crippen MR) is 63.5 cm³/mol. The van der Waals surface area contributed by atoms with E-state index in [0.717, 1.165) is 11.8 Å². The van der Waals surface area contributed by atoms with Crippen molar-refractivity contribution in [1.82, 2.24) is 4.90 Å². The van der Waals surface area contributed by atoms with E-state index < -0.39 is 0 Å². The van der Waals surface area contributed by atoms with Gasteiger partial charge < -0.3 is 4.90 Å². The van der Waals surface area contributed by atoms with Crippen LogP contribution in [0.2, 0.25) is 0 Å². The second-order valence-electron chi connectivity index (χ2n) is 6.04. The number of nitrogens with zero attached hydrogens (tertiary/aromatic N) is 1. The number of rotatable bonds is 2. The minimum absolute atomic E-state index is 0.478. The largest absolute Gasteiger partial charge is 0.303 e. The number of piperidine rings is 1. The van der Waals surface area contributed by atoms with Crippen LogP contribution >= 0.6 is 0 Å². The Balaban J connectivity index is 2.55. The second kappa shape index (κ2) is 4.65. The third kappa shape index (κ3) is 2.98. The molecular weight excluding hydrogens is 170 g/mol. The summed E-state index contributed by atoms with van der Waals surface area (Å²) in [6.45, 7) is 15.8. The monoisotopic (exact) mass is 197 g/mol. The quantitative estimate of drug-likeness (QED) is 0.656. The minimum atomic E-state index is 0.478. The smallest absolute Gasteiger partial charge is 0.00172 e. The van der Waals surface area contributed by atoms with E-state index in [0.29, 0.717) is 5.41 Å². The number of hydrogen-bond donors (Lipinski definition) is 0. The van der Waals surface area contributed by atoms with Gasteiger partial charge in [0.25, 0.3) is 0 Å². The van der Waals surface area contributed by atoms with E-state index in [9.17, 15) is 0 Å². The van der Waals surface area contributed by atoms with Crippen molar-refractivity contribution in [3.05, 3.63) is 0 Å². The van der Waals surface area contributed by atoms with E-state index >= 15 is 0 Å². The molecule has 1 rings (SSSR count). The molecule has 0 aliphatic carbocycles. The van der Waals surface area contributed by atoms with Crippen LogP contribution in [0, 0.1) is 17.3 Å². The molecule has 84 valence electrons. The Kier molecular flexibility index (Phi) is 4.00. The fourth-order valence-corrected chi connectivity index (χ4v) is 2.78. The van der Waals surface area contributed by atoms with Crippen molar-refractivity contribution in [3.8, 4) is 0 Å². The number of hydrogen-bond acceptors (Lipinski definition) is 1. The Morgan fingerprint density at radius 1 is 1.29 bits per heavy atom. The third-order valence-electron chi connectivity index (χ3n) is 3.69. The molecule has 0 aromatic rings. The molecule has 0 bridgehead atoms. The maximum absolute atomic E-state index is 2.65. The van der Waals surface area contributed by atoms with Crippen LogP contribution < -0.4 is 0 Å². The zero-order chi connectivity index (χ0) is 10.8. The van der Waals surface area contributed by atoms with E-state index in [-0.39, 0.29) is 0 Å². The Morgan fingerprint density at radius 2 is 1.93 bits per heavy atom. The highest BCUT2D eigenvalue weighted by Crippen LogP contribution is 2.37. The summed E-state index contributed by atoms with van der Waals surface area (Å²) in [6.07, 6.45) is 2.69. The van der Waals surface area contributed by atoms with Crippen molar-refractivity contribution in [2.24, 2.45) is 17.3 Å². The molecule has 0 N–H and O–H groups in total. The van der Waals surface area contributed by atoms with Crippen LogP contribution in [0.15, 0.2) is 0 Å². The lowest BCUT2D eigenvalue weighted by Crippen LogP contribution is -2.44. The van der Waals surface area contributed by atoms with Gasteiger partial charge in [0.05, 0.1) is 0 Å². The molecule has 1 heterocycles. The first kappa shape index (κ1) is 12.0. The van der Waals surface area contributed by atoms with Crippen LogP contribution in [0.4, 0.5) is 0 Å². The lowest BCUT2D eigenvalue weighted by molar-refractivity contribution is 0.0542. The fourth-order valence-electron chi connectivity index (χ4n) is 2.78. The average Bonchev–Trinajstić information content (AvgIpc) is 2.07. The molecular formula is C13H27N. The van der Waals surface area contributed by atoms with E-state index in [1.54, 1.807) is 0 Å². The molecule has 1 fully saturated rings. The van der Waals surface area contributed by atoms with Crippen molar-refractivity contribution in [2.45, 2.75) is 47.5 Å². The first-order valence-electron chi connectivity index (χ1n) is 6.17. The van der Waals surface area contributed by atoms with Gasteiger partial charge in [0.15, 0.2) is 0 Å². The van der Waals surface area contributed by atoms with Gasteiger partial charge >= 0.3 is 0 Å². The normalized spacial score (nSPS) is 30.6. The standard InChI is InChI=1S/C13H27N/c1-6-8-14-9-7-11(2)12(10-14)13(3,4)5/h11-12H,6-10H2,1-5H3. The highest BCUT2D eigenvalue weighted by atomic mass is 15.1. The van der Waals surface area contributed by atoms with Crippen LogP contribution in [0.5, 0.6) is 0 Å². The van der Waals surface area contributed by atoms with Crippen LogP contribution in [-0.2, 0) is 0 Å². The summed E-state index contributed by atoms with van der Waals surface area (Å²) in [6, 6.07) is 0. The first-order valence-corrected chi connectivity index (χ1v) is 6.17. The summed E-state index contributed by atoms with van der Waals surface area (Å²) in [7, 11) is 0. The lowest BCUT2D eigenvalue weighted by atomic mass is 9.71. The van der Waals surface area contributed by atoms with Crippen molar-refractivity contribution >= 4 is 0 Å². The SMILES string of the molecule is CCCN1CCC(C)C(C(C)(C)C)C1. The van der Waals surface area contributed by atoms with Crippen LogP contribution in [-0.4, -0.2) is 24.5 Å². The Labute approximate surface area is 89.9 Å². The molecule has 1 saturated heterocycles. The highest BCUT2D eigenvalue weighted by Gasteiger charge is 2.33. The lowest BCUT2D eigenvalue weighted by Gasteiger charge is -2.43. The van der Waals surface area contributed by atoms with Crippen molar-refractivity contribution in [3.63, 3.8) is 0 Å². The average molecular weight is 197 g/mol.